The molecule has 76 valence electrons. The van der Waals surface area contributed by atoms with Crippen LogP contribution in [0.5, 0.6) is 0 Å². The van der Waals surface area contributed by atoms with Crippen molar-refractivity contribution in [2.45, 2.75) is 25.8 Å². The number of aromatic nitrogens is 1. The number of rotatable bonds is 3. The Kier molecular flexibility index (Phi) is 2.86. The number of carboxylic acid groups (broad SMARTS) is 1. The van der Waals surface area contributed by atoms with Crippen LogP contribution in [0.4, 0.5) is 0 Å². The number of nitrogens with two attached hydrogens (primary N) is 1. The summed E-state index contributed by atoms with van der Waals surface area (Å²) in [5.41, 5.74) is 6.55. The van der Waals surface area contributed by atoms with Gasteiger partial charge >= 0.3 is 5.97 Å². The Morgan fingerprint density at radius 2 is 2.36 bits per heavy atom. The zero-order valence-corrected chi connectivity index (χ0v) is 8.32. The molecule has 1 aromatic heterocycles. The van der Waals surface area contributed by atoms with Crippen molar-refractivity contribution in [2.24, 2.45) is 5.73 Å². The van der Waals surface area contributed by atoms with Gasteiger partial charge in [0.05, 0.1) is 17.7 Å². The Labute approximate surface area is 82.8 Å². The number of aryl methyl sites for hydroxylation is 1. The second-order valence-electron chi connectivity index (χ2n) is 3.66. The normalized spacial score (nSPS) is 14.8. The third kappa shape index (κ3) is 2.29. The van der Waals surface area contributed by atoms with Crippen LogP contribution in [0.25, 0.3) is 0 Å². The first kappa shape index (κ1) is 10.7. The largest absolute Gasteiger partial charge is 0.481 e. The van der Waals surface area contributed by atoms with Gasteiger partial charge in [-0.25, -0.2) is 0 Å². The average Bonchev–Trinajstić information content (AvgIpc) is 2.02. The Balaban J connectivity index is 3.03. The van der Waals surface area contributed by atoms with E-state index < -0.39 is 11.5 Å². The zero-order chi connectivity index (χ0) is 10.8. The highest BCUT2D eigenvalue weighted by molar-refractivity contribution is 5.68. The average molecular weight is 194 g/mol. The zero-order valence-electron chi connectivity index (χ0n) is 8.32. The van der Waals surface area contributed by atoms with Crippen LogP contribution in [0.1, 0.15) is 24.6 Å². The summed E-state index contributed by atoms with van der Waals surface area (Å²) in [6, 6.07) is 3.67. The van der Waals surface area contributed by atoms with Crippen molar-refractivity contribution in [1.82, 2.24) is 4.98 Å². The molecule has 0 aromatic carbocycles. The van der Waals surface area contributed by atoms with Gasteiger partial charge < -0.3 is 10.8 Å². The smallest absolute Gasteiger partial charge is 0.305 e. The van der Waals surface area contributed by atoms with Crippen molar-refractivity contribution in [3.63, 3.8) is 0 Å². The van der Waals surface area contributed by atoms with E-state index in [9.17, 15) is 4.79 Å². The molecule has 0 aliphatic carbocycles. The van der Waals surface area contributed by atoms with E-state index in [0.717, 1.165) is 5.56 Å². The van der Waals surface area contributed by atoms with Gasteiger partial charge in [-0.2, -0.15) is 0 Å². The summed E-state index contributed by atoms with van der Waals surface area (Å²) < 4.78 is 0. The Bertz CT molecular complexity index is 348. The van der Waals surface area contributed by atoms with Crippen LogP contribution in [0, 0.1) is 6.92 Å². The summed E-state index contributed by atoms with van der Waals surface area (Å²) in [4.78, 5) is 14.7. The van der Waals surface area contributed by atoms with Gasteiger partial charge in [0.25, 0.3) is 0 Å². The van der Waals surface area contributed by atoms with Gasteiger partial charge in [-0.1, -0.05) is 6.07 Å². The lowest BCUT2D eigenvalue weighted by atomic mass is 9.91. The number of pyridine rings is 1. The molecule has 3 N–H and O–H groups in total. The van der Waals surface area contributed by atoms with E-state index >= 15 is 0 Å². The fourth-order valence-electron chi connectivity index (χ4n) is 1.48. The van der Waals surface area contributed by atoms with Crippen LogP contribution in [-0.2, 0) is 10.3 Å². The number of carboxylic acids is 1. The van der Waals surface area contributed by atoms with Crippen molar-refractivity contribution >= 4 is 5.97 Å². The summed E-state index contributed by atoms with van der Waals surface area (Å²) in [6.45, 7) is 3.55. The van der Waals surface area contributed by atoms with Crippen LogP contribution in [0.3, 0.4) is 0 Å². The minimum atomic E-state index is -0.917. The fraction of sp³-hybridized carbons (Fsp3) is 0.400. The number of aliphatic carboxylic acids is 1. The standard InChI is InChI=1S/C10H14N2O2/c1-7-4-3-5-12-9(7)10(2,11)6-8(13)14/h3-5H,6,11H2,1-2H3,(H,13,14). The molecule has 0 spiro atoms. The molecule has 1 heterocycles. The molecule has 0 bridgehead atoms. The number of hydrogen-bond acceptors (Lipinski definition) is 3. The fourth-order valence-corrected chi connectivity index (χ4v) is 1.48. The van der Waals surface area contributed by atoms with Gasteiger partial charge in [0.15, 0.2) is 0 Å². The van der Waals surface area contributed by atoms with Crippen molar-refractivity contribution < 1.29 is 9.90 Å². The predicted octanol–water partition coefficient (Wildman–Crippen LogP) is 1.04. The van der Waals surface area contributed by atoms with Crippen LogP contribution in [0.15, 0.2) is 18.3 Å². The molecule has 0 radical (unpaired) electrons. The third-order valence-corrected chi connectivity index (χ3v) is 2.07. The lowest BCUT2D eigenvalue weighted by molar-refractivity contribution is -0.138. The maximum Gasteiger partial charge on any atom is 0.305 e. The molecular formula is C10H14N2O2. The molecule has 0 saturated heterocycles. The maximum atomic E-state index is 10.6. The van der Waals surface area contributed by atoms with E-state index in [2.05, 4.69) is 4.98 Å². The third-order valence-electron chi connectivity index (χ3n) is 2.07. The van der Waals surface area contributed by atoms with Crippen molar-refractivity contribution in [3.8, 4) is 0 Å². The van der Waals surface area contributed by atoms with E-state index in [4.69, 9.17) is 10.8 Å². The summed E-state index contributed by atoms with van der Waals surface area (Å²) in [5, 5.41) is 8.69. The molecule has 14 heavy (non-hydrogen) atoms. The highest BCUT2D eigenvalue weighted by Crippen LogP contribution is 2.22. The second kappa shape index (κ2) is 3.75. The van der Waals surface area contributed by atoms with Crippen LogP contribution < -0.4 is 5.73 Å². The minimum Gasteiger partial charge on any atom is -0.481 e. The van der Waals surface area contributed by atoms with E-state index in [1.54, 1.807) is 19.2 Å². The van der Waals surface area contributed by atoms with Crippen molar-refractivity contribution in [1.29, 1.82) is 0 Å². The van der Waals surface area contributed by atoms with E-state index in [1.165, 1.54) is 0 Å². The molecule has 0 aliphatic heterocycles. The van der Waals surface area contributed by atoms with Gasteiger partial charge in [0.2, 0.25) is 0 Å². The molecule has 0 amide bonds. The molecule has 4 heteroatoms. The molecule has 4 nitrogen and oxygen atoms in total. The van der Waals surface area contributed by atoms with Gasteiger partial charge in [-0.05, 0) is 25.5 Å². The SMILES string of the molecule is Cc1cccnc1C(C)(N)CC(=O)O. The monoisotopic (exact) mass is 194 g/mol. The van der Waals surface area contributed by atoms with E-state index in [0.29, 0.717) is 5.69 Å². The van der Waals surface area contributed by atoms with Gasteiger partial charge in [-0.15, -0.1) is 0 Å². The van der Waals surface area contributed by atoms with Crippen molar-refractivity contribution in [3.05, 3.63) is 29.6 Å². The van der Waals surface area contributed by atoms with Crippen LogP contribution in [-0.4, -0.2) is 16.1 Å². The molecule has 1 atom stereocenters. The van der Waals surface area contributed by atoms with Gasteiger partial charge in [0.1, 0.15) is 0 Å². The van der Waals surface area contributed by atoms with Gasteiger partial charge in [0, 0.05) is 6.20 Å². The first-order valence-electron chi connectivity index (χ1n) is 4.36. The number of nitrogens with zero attached hydrogens (tertiary/aromatic N) is 1. The molecule has 0 saturated carbocycles. The molecule has 1 aromatic rings. The highest BCUT2D eigenvalue weighted by atomic mass is 16.4. The first-order chi connectivity index (χ1) is 6.43. The molecule has 1 rings (SSSR count). The molecule has 1 unspecified atom stereocenters. The Morgan fingerprint density at radius 3 is 2.86 bits per heavy atom. The minimum absolute atomic E-state index is 0.120. The second-order valence-corrected chi connectivity index (χ2v) is 3.66. The lowest BCUT2D eigenvalue weighted by Gasteiger charge is -2.23. The van der Waals surface area contributed by atoms with Crippen molar-refractivity contribution in [2.75, 3.05) is 0 Å². The topological polar surface area (TPSA) is 76.2 Å². The van der Waals surface area contributed by atoms with E-state index in [1.807, 2.05) is 13.0 Å². The molecule has 0 fully saturated rings. The van der Waals surface area contributed by atoms with Crippen LogP contribution >= 0.6 is 0 Å². The Morgan fingerprint density at radius 1 is 1.71 bits per heavy atom. The maximum absolute atomic E-state index is 10.6. The number of carbonyl (C=O) groups is 1. The lowest BCUT2D eigenvalue weighted by Crippen LogP contribution is -2.37. The first-order valence-corrected chi connectivity index (χ1v) is 4.36. The quantitative estimate of drug-likeness (QED) is 0.753. The summed E-state index contributed by atoms with van der Waals surface area (Å²) in [7, 11) is 0. The summed E-state index contributed by atoms with van der Waals surface area (Å²) in [6.07, 6.45) is 1.50. The summed E-state index contributed by atoms with van der Waals surface area (Å²) >= 11 is 0. The molecule has 0 aliphatic rings. The number of hydrogen-bond donors (Lipinski definition) is 2. The van der Waals surface area contributed by atoms with Gasteiger partial charge in [-0.3, -0.25) is 9.78 Å². The van der Waals surface area contributed by atoms with Crippen LogP contribution in [0.2, 0.25) is 0 Å². The van der Waals surface area contributed by atoms with E-state index in [-0.39, 0.29) is 6.42 Å². The Hall–Kier alpha value is -1.42. The predicted molar refractivity (Wildman–Crippen MR) is 52.8 cm³/mol. The summed E-state index contributed by atoms with van der Waals surface area (Å²) in [5.74, 6) is -0.917. The molecular weight excluding hydrogens is 180 g/mol. The highest BCUT2D eigenvalue weighted by Gasteiger charge is 2.27.